The molecule has 6 heteroatoms. The second-order valence-corrected chi connectivity index (χ2v) is 7.50. The van der Waals surface area contributed by atoms with E-state index in [9.17, 15) is 4.39 Å². The molecule has 0 bridgehead atoms. The lowest BCUT2D eigenvalue weighted by Gasteiger charge is -2.18. The number of hydrogen-bond acceptors (Lipinski definition) is 2. The lowest BCUT2D eigenvalue weighted by Crippen LogP contribution is -2.20. The van der Waals surface area contributed by atoms with Gasteiger partial charge in [-0.3, -0.25) is 0 Å². The molecule has 0 aromatic heterocycles. The molecule has 0 fully saturated rings. The Hall–Kier alpha value is -0.0700. The van der Waals surface area contributed by atoms with Crippen molar-refractivity contribution < 1.29 is 4.39 Å². The molecule has 0 aliphatic heterocycles. The first kappa shape index (κ1) is 17.3. The van der Waals surface area contributed by atoms with Crippen molar-refractivity contribution in [1.29, 1.82) is 0 Å². The van der Waals surface area contributed by atoms with E-state index in [1.165, 1.54) is 0 Å². The van der Waals surface area contributed by atoms with E-state index in [0.717, 1.165) is 9.37 Å². The summed E-state index contributed by atoms with van der Waals surface area (Å²) in [5.74, 6) is 0.326. The molecule has 1 N–H and O–H groups in total. The molecule has 0 heterocycles. The standard InChI is InChI=1S/C15H13Br2ClFNS/c1-20-12(8-21-13-5-3-2-4-10(13)16)9-6-7-11(17)14(18)15(9)19/h2-7,12,20H,8H2,1H3. The van der Waals surface area contributed by atoms with E-state index in [2.05, 4.69) is 37.2 Å². The molecule has 1 unspecified atom stereocenters. The lowest BCUT2D eigenvalue weighted by atomic mass is 10.1. The number of halogens is 4. The molecule has 0 radical (unpaired) electrons. The zero-order chi connectivity index (χ0) is 15.4. The number of nitrogens with one attached hydrogen (secondary N) is 1. The molecule has 0 saturated heterocycles. The van der Waals surface area contributed by atoms with Crippen LogP contribution in [0.4, 0.5) is 4.39 Å². The first-order valence-electron chi connectivity index (χ1n) is 6.22. The van der Waals surface area contributed by atoms with Crippen LogP contribution in [0, 0.1) is 5.82 Å². The minimum atomic E-state index is -0.377. The smallest absolute Gasteiger partial charge is 0.147 e. The van der Waals surface area contributed by atoms with Gasteiger partial charge in [-0.05, 0) is 57.1 Å². The average molecular weight is 454 g/mol. The first-order chi connectivity index (χ1) is 10.0. The second-order valence-electron chi connectivity index (χ2n) is 4.35. The van der Waals surface area contributed by atoms with E-state index >= 15 is 0 Å². The van der Waals surface area contributed by atoms with E-state index in [0.29, 0.717) is 15.8 Å². The monoisotopic (exact) mass is 451 g/mol. The van der Waals surface area contributed by atoms with Crippen LogP contribution in [0.3, 0.4) is 0 Å². The zero-order valence-corrected chi connectivity index (χ0v) is 15.9. The van der Waals surface area contributed by atoms with Crippen molar-refractivity contribution in [3.63, 3.8) is 0 Å². The Bertz CT molecular complexity index is 639. The minimum absolute atomic E-state index is 0.118. The zero-order valence-electron chi connectivity index (χ0n) is 11.2. The van der Waals surface area contributed by atoms with Crippen LogP contribution in [-0.4, -0.2) is 12.8 Å². The summed E-state index contributed by atoms with van der Waals surface area (Å²) in [4.78, 5) is 1.13. The Kier molecular flexibility index (Phi) is 6.56. The van der Waals surface area contributed by atoms with E-state index in [1.54, 1.807) is 23.9 Å². The summed E-state index contributed by atoms with van der Waals surface area (Å²) in [7, 11) is 1.82. The van der Waals surface area contributed by atoms with Gasteiger partial charge in [0.1, 0.15) is 5.82 Å². The van der Waals surface area contributed by atoms with Crippen molar-refractivity contribution in [2.75, 3.05) is 12.8 Å². The van der Waals surface area contributed by atoms with Crippen LogP contribution in [-0.2, 0) is 0 Å². The Morgan fingerprint density at radius 1 is 1.19 bits per heavy atom. The maximum atomic E-state index is 14.3. The Morgan fingerprint density at radius 3 is 2.57 bits per heavy atom. The molecule has 21 heavy (non-hydrogen) atoms. The molecule has 0 amide bonds. The highest BCUT2D eigenvalue weighted by molar-refractivity contribution is 9.10. The topological polar surface area (TPSA) is 12.0 Å². The molecule has 0 spiro atoms. The van der Waals surface area contributed by atoms with Gasteiger partial charge in [0.05, 0.1) is 5.02 Å². The van der Waals surface area contributed by atoms with Gasteiger partial charge >= 0.3 is 0 Å². The SMILES string of the molecule is CNC(CSc1ccccc1Br)c1ccc(Br)c(Cl)c1F. The van der Waals surface area contributed by atoms with Gasteiger partial charge in [-0.2, -0.15) is 0 Å². The third-order valence-electron chi connectivity index (χ3n) is 3.03. The summed E-state index contributed by atoms with van der Waals surface area (Å²) in [6.07, 6.45) is 0. The van der Waals surface area contributed by atoms with E-state index in [4.69, 9.17) is 11.6 Å². The van der Waals surface area contributed by atoms with Gasteiger partial charge in [-0.25, -0.2) is 4.39 Å². The van der Waals surface area contributed by atoms with Crippen LogP contribution in [0.5, 0.6) is 0 Å². The highest BCUT2D eigenvalue weighted by atomic mass is 79.9. The normalized spacial score (nSPS) is 12.4. The fraction of sp³-hybridized carbons (Fsp3) is 0.200. The van der Waals surface area contributed by atoms with Crippen molar-refractivity contribution in [1.82, 2.24) is 5.32 Å². The maximum Gasteiger partial charge on any atom is 0.147 e. The molecule has 0 aliphatic carbocycles. The second kappa shape index (κ2) is 7.97. The Balaban J connectivity index is 2.18. The predicted molar refractivity (Wildman–Crippen MR) is 95.8 cm³/mol. The van der Waals surface area contributed by atoms with E-state index < -0.39 is 0 Å². The van der Waals surface area contributed by atoms with Crippen molar-refractivity contribution in [3.8, 4) is 0 Å². The molecule has 1 atom stereocenters. The van der Waals surface area contributed by atoms with Gasteiger partial charge in [-0.15, -0.1) is 11.8 Å². The molecule has 2 rings (SSSR count). The summed E-state index contributed by atoms with van der Waals surface area (Å²) in [5, 5.41) is 3.27. The largest absolute Gasteiger partial charge is 0.312 e. The van der Waals surface area contributed by atoms with E-state index in [-0.39, 0.29) is 16.9 Å². The number of rotatable bonds is 5. The number of benzene rings is 2. The highest BCUT2D eigenvalue weighted by Gasteiger charge is 2.18. The van der Waals surface area contributed by atoms with Crippen molar-refractivity contribution in [2.24, 2.45) is 0 Å². The Morgan fingerprint density at radius 2 is 1.90 bits per heavy atom. The van der Waals surface area contributed by atoms with Crippen LogP contribution >= 0.6 is 55.2 Å². The predicted octanol–water partition coefficient (Wildman–Crippen LogP) is 6.06. The number of thioether (sulfide) groups is 1. The van der Waals surface area contributed by atoms with Gasteiger partial charge in [0.2, 0.25) is 0 Å². The summed E-state index contributed by atoms with van der Waals surface area (Å²) in [6.45, 7) is 0. The van der Waals surface area contributed by atoms with Crippen molar-refractivity contribution >= 4 is 55.2 Å². The molecule has 0 aliphatic rings. The van der Waals surface area contributed by atoms with Gasteiger partial charge in [0.15, 0.2) is 0 Å². The highest BCUT2D eigenvalue weighted by Crippen LogP contribution is 2.34. The summed E-state index contributed by atoms with van der Waals surface area (Å²) >= 11 is 14.4. The minimum Gasteiger partial charge on any atom is -0.312 e. The quantitative estimate of drug-likeness (QED) is 0.436. The fourth-order valence-corrected chi connectivity index (χ4v) is 4.05. The van der Waals surface area contributed by atoms with Crippen LogP contribution in [0.1, 0.15) is 11.6 Å². The molecule has 0 saturated carbocycles. The summed E-state index contributed by atoms with van der Waals surface area (Å²) in [5.41, 5.74) is 0.574. The summed E-state index contributed by atoms with van der Waals surface area (Å²) in [6, 6.07) is 11.4. The van der Waals surface area contributed by atoms with Crippen molar-refractivity contribution in [2.45, 2.75) is 10.9 Å². The van der Waals surface area contributed by atoms with Crippen LogP contribution in [0.25, 0.3) is 0 Å². The van der Waals surface area contributed by atoms with Gasteiger partial charge in [0.25, 0.3) is 0 Å². The molecule has 1 nitrogen and oxygen atoms in total. The Labute approximate surface area is 149 Å². The average Bonchev–Trinajstić information content (AvgIpc) is 2.49. The van der Waals surface area contributed by atoms with Crippen LogP contribution in [0.15, 0.2) is 50.2 Å². The van der Waals surface area contributed by atoms with Gasteiger partial charge < -0.3 is 5.32 Å². The van der Waals surface area contributed by atoms with E-state index in [1.807, 2.05) is 31.3 Å². The molecule has 2 aromatic rings. The number of hydrogen-bond donors (Lipinski definition) is 1. The van der Waals surface area contributed by atoms with Gasteiger partial charge in [-0.1, -0.05) is 29.8 Å². The molecule has 2 aromatic carbocycles. The molecule has 112 valence electrons. The fourth-order valence-electron chi connectivity index (χ4n) is 1.87. The third-order valence-corrected chi connectivity index (χ3v) is 6.41. The molecular weight excluding hydrogens is 440 g/mol. The first-order valence-corrected chi connectivity index (χ1v) is 9.17. The van der Waals surface area contributed by atoms with Crippen LogP contribution in [0.2, 0.25) is 5.02 Å². The summed E-state index contributed by atoms with van der Waals surface area (Å²) < 4.78 is 15.9. The van der Waals surface area contributed by atoms with Crippen molar-refractivity contribution in [3.05, 3.63) is 61.7 Å². The molecular formula is C15H13Br2ClFNS. The third kappa shape index (κ3) is 4.23. The maximum absolute atomic E-state index is 14.3. The van der Waals surface area contributed by atoms with Crippen LogP contribution < -0.4 is 5.32 Å². The lowest BCUT2D eigenvalue weighted by molar-refractivity contribution is 0.565. The van der Waals surface area contributed by atoms with Gasteiger partial charge in [0, 0.05) is 31.2 Å².